The van der Waals surface area contributed by atoms with Crippen LogP contribution >= 0.6 is 0 Å². The van der Waals surface area contributed by atoms with Crippen molar-refractivity contribution in [2.45, 2.75) is 80.3 Å². The average molecular weight is 846 g/mol. The monoisotopic (exact) mass is 847 g/mol. The first-order valence-electron chi connectivity index (χ1n) is 15.7. The number of fused-ring (bicyclic) bond motifs is 4. The van der Waals surface area contributed by atoms with E-state index in [0.717, 1.165) is 31.4 Å². The molecule has 1 aliphatic heterocycles. The summed E-state index contributed by atoms with van der Waals surface area (Å²) >= 11 is 0.386. The van der Waals surface area contributed by atoms with Gasteiger partial charge < -0.3 is 5.11 Å². The number of nitrogens with zero attached hydrogens (tertiary/aromatic N) is 1. The van der Waals surface area contributed by atoms with Crippen LogP contribution in [0.15, 0.2) is 72.6 Å². The third-order valence-electron chi connectivity index (χ3n) is 10.4. The molecule has 6 heteroatoms. The molecular formula is C38H44IrNO2SeSi-. The van der Waals surface area contributed by atoms with Gasteiger partial charge in [-0.05, 0) is 25.7 Å². The maximum atomic E-state index is 12.2. The molecule has 0 saturated carbocycles. The number of hydrogen-bond acceptors (Lipinski definition) is 3. The Kier molecular flexibility index (Phi) is 10.3. The van der Waals surface area contributed by atoms with E-state index in [4.69, 9.17) is 4.98 Å². The van der Waals surface area contributed by atoms with Crippen molar-refractivity contribution in [2.24, 2.45) is 10.8 Å². The van der Waals surface area contributed by atoms with Gasteiger partial charge >= 0.3 is 159 Å². The van der Waals surface area contributed by atoms with Crippen molar-refractivity contribution < 1.29 is 30.0 Å². The molecule has 1 radical (unpaired) electrons. The molecule has 1 N–H and O–H groups in total. The normalized spacial score (nSPS) is 14.1. The predicted molar refractivity (Wildman–Crippen MR) is 188 cm³/mol. The van der Waals surface area contributed by atoms with Crippen molar-refractivity contribution in [2.75, 3.05) is 0 Å². The van der Waals surface area contributed by atoms with E-state index in [1.165, 1.54) is 46.9 Å². The molecule has 233 valence electrons. The summed E-state index contributed by atoms with van der Waals surface area (Å²) in [5.74, 6) is 0.286. The molecular weight excluding hydrogens is 802 g/mol. The topological polar surface area (TPSA) is 50.2 Å². The van der Waals surface area contributed by atoms with E-state index in [2.05, 4.69) is 73.8 Å². The van der Waals surface area contributed by atoms with Crippen LogP contribution in [-0.2, 0) is 24.9 Å². The Hall–Kier alpha value is -2.33. The zero-order valence-corrected chi connectivity index (χ0v) is 32.3. The number of aliphatic hydroxyl groups is 1. The molecule has 0 spiro atoms. The summed E-state index contributed by atoms with van der Waals surface area (Å²) in [5.41, 5.74) is 1.78. The smallest absolute Gasteiger partial charge is 0 e. The van der Waals surface area contributed by atoms with Gasteiger partial charge in [0.1, 0.15) is 5.76 Å². The van der Waals surface area contributed by atoms with E-state index in [9.17, 15) is 9.90 Å². The summed E-state index contributed by atoms with van der Waals surface area (Å²) in [6.45, 7) is 17.1. The summed E-state index contributed by atoms with van der Waals surface area (Å²) in [5, 5.41) is 18.7. The van der Waals surface area contributed by atoms with Crippen LogP contribution < -0.4 is 10.4 Å². The summed E-state index contributed by atoms with van der Waals surface area (Å²) in [4.78, 5) is 17.1. The third kappa shape index (κ3) is 5.74. The van der Waals surface area contributed by atoms with Crippen molar-refractivity contribution in [1.29, 1.82) is 0 Å². The molecule has 2 aromatic heterocycles. The fourth-order valence-electron chi connectivity index (χ4n) is 6.33. The molecule has 6 rings (SSSR count). The van der Waals surface area contributed by atoms with Crippen LogP contribution in [0.2, 0.25) is 13.1 Å². The molecule has 3 aromatic carbocycles. The van der Waals surface area contributed by atoms with Gasteiger partial charge in [-0.2, -0.15) is 0 Å². The van der Waals surface area contributed by atoms with Crippen molar-refractivity contribution in [3.8, 4) is 11.3 Å². The number of carbonyl (C=O) groups is 1. The Morgan fingerprint density at radius 1 is 0.909 bits per heavy atom. The zero-order chi connectivity index (χ0) is 31.2. The van der Waals surface area contributed by atoms with Crippen molar-refractivity contribution >= 4 is 68.8 Å². The van der Waals surface area contributed by atoms with Crippen LogP contribution in [0.3, 0.4) is 0 Å². The maximum Gasteiger partial charge on any atom is 0 e. The number of allylic oxidation sites excluding steroid dienone is 2. The van der Waals surface area contributed by atoms with Crippen LogP contribution in [-0.4, -0.2) is 38.5 Å². The molecule has 3 heterocycles. The van der Waals surface area contributed by atoms with Gasteiger partial charge in [0, 0.05) is 37.0 Å². The van der Waals surface area contributed by atoms with Gasteiger partial charge in [0.25, 0.3) is 0 Å². The molecule has 5 aromatic rings. The maximum absolute atomic E-state index is 12.2. The largest absolute Gasteiger partial charge is 0 e. The Morgan fingerprint density at radius 2 is 1.55 bits per heavy atom. The van der Waals surface area contributed by atoms with Crippen molar-refractivity contribution in [3.05, 3.63) is 78.7 Å². The first-order valence-corrected chi connectivity index (χ1v) is 20.4. The molecule has 0 atom stereocenters. The van der Waals surface area contributed by atoms with Gasteiger partial charge in [0.05, 0.1) is 0 Å². The second kappa shape index (κ2) is 13.2. The zero-order valence-electron chi connectivity index (χ0n) is 27.2. The van der Waals surface area contributed by atoms with Crippen LogP contribution in [0.4, 0.5) is 0 Å². The van der Waals surface area contributed by atoms with Crippen LogP contribution in [0.5, 0.6) is 0 Å². The molecule has 0 aliphatic carbocycles. The number of aliphatic hydroxyl groups excluding tert-OH is 1. The number of pyridine rings is 1. The molecule has 3 nitrogen and oxygen atoms in total. The van der Waals surface area contributed by atoms with Gasteiger partial charge in [0.15, 0.2) is 5.78 Å². The van der Waals surface area contributed by atoms with Gasteiger partial charge in [-0.25, -0.2) is 0 Å². The van der Waals surface area contributed by atoms with Crippen LogP contribution in [0.1, 0.15) is 67.2 Å². The number of rotatable bonds is 7. The number of carbonyl (C=O) groups excluding carboxylic acids is 1. The Balaban J connectivity index is 0.000000218. The second-order valence-corrected chi connectivity index (χ2v) is 19.6. The SMILES string of the molecule is CCC(C)(CC)C(=O)/C=C(\O)C(C)(CC)CC.C[Si]1(C)c2c([c-]cc3ccccc23)-c2nccc3[se]c4cccc1c4c23.[Ir]. The molecule has 44 heavy (non-hydrogen) atoms. The molecule has 0 fully saturated rings. The fourth-order valence-corrected chi connectivity index (χ4v) is 12.3. The minimum atomic E-state index is -1.90. The number of aromatic nitrogens is 1. The van der Waals surface area contributed by atoms with Crippen LogP contribution in [0.25, 0.3) is 41.3 Å². The number of benzene rings is 3. The first-order chi connectivity index (χ1) is 20.5. The molecule has 0 saturated heterocycles. The second-order valence-electron chi connectivity index (χ2n) is 13.0. The van der Waals surface area contributed by atoms with Crippen molar-refractivity contribution in [1.82, 2.24) is 4.98 Å². The van der Waals surface area contributed by atoms with E-state index < -0.39 is 8.07 Å². The minimum absolute atomic E-state index is 0. The van der Waals surface area contributed by atoms with Gasteiger partial charge in [-0.1, -0.05) is 41.5 Å². The quantitative estimate of drug-likeness (QED) is 0.0772. The van der Waals surface area contributed by atoms with E-state index in [1.807, 2.05) is 47.7 Å². The van der Waals surface area contributed by atoms with Gasteiger partial charge in [0.2, 0.25) is 0 Å². The molecule has 1 aliphatic rings. The standard InChI is InChI=1S/C23H16NSeSi.C15H28O2.Ir/c1-26(2)19-9-5-8-17-20(19)21-18(25-17)12-13-24-22(21)16-11-10-14-6-3-4-7-15(14)23(16)26;1-7-14(5,8-2)12(16)11-13(17)15(6,9-3)10-4;/h3-10,12-13H,1-2H3;11,16H,7-10H2,1-6H3;/q-1;;/b;12-11-;. The average Bonchev–Trinajstić information content (AvgIpc) is 3.38. The van der Waals surface area contributed by atoms with E-state index >= 15 is 0 Å². The van der Waals surface area contributed by atoms with E-state index in [1.54, 1.807) is 5.19 Å². The molecule has 0 bridgehead atoms. The fraction of sp³-hybridized carbons (Fsp3) is 0.368. The Labute approximate surface area is 283 Å². The Bertz CT molecular complexity index is 1860. The predicted octanol–water partition coefficient (Wildman–Crippen LogP) is 8.85. The van der Waals surface area contributed by atoms with E-state index in [-0.39, 0.29) is 42.5 Å². The summed E-state index contributed by atoms with van der Waals surface area (Å²) < 4.78 is 3.00. The number of hydrogen-bond donors (Lipinski definition) is 1. The van der Waals surface area contributed by atoms with Crippen molar-refractivity contribution in [3.63, 3.8) is 0 Å². The van der Waals surface area contributed by atoms with Gasteiger partial charge in [-0.3, -0.25) is 4.79 Å². The van der Waals surface area contributed by atoms with E-state index in [0.29, 0.717) is 14.5 Å². The minimum Gasteiger partial charge on any atom is 0 e. The summed E-state index contributed by atoms with van der Waals surface area (Å²) in [6, 6.07) is 23.8. The Morgan fingerprint density at radius 3 is 2.20 bits per heavy atom. The summed E-state index contributed by atoms with van der Waals surface area (Å²) in [7, 11) is -1.90. The van der Waals surface area contributed by atoms with Gasteiger partial charge in [-0.15, -0.1) is 0 Å². The molecule has 0 unspecified atom stereocenters. The third-order valence-corrected chi connectivity index (χ3v) is 16.3. The number of ketones is 1. The summed E-state index contributed by atoms with van der Waals surface area (Å²) in [6.07, 6.45) is 6.75. The van der Waals surface area contributed by atoms with Crippen LogP contribution in [0, 0.1) is 16.9 Å². The first kappa shape index (κ1) is 34.5. The molecule has 0 amide bonds.